The normalized spacial score (nSPS) is 14.5. The molecular formula is C15H20ClNO6S. The summed E-state index contributed by atoms with van der Waals surface area (Å²) in [4.78, 5) is 23.4. The molecule has 0 aliphatic rings. The molecule has 24 heavy (non-hydrogen) atoms. The standard InChI is InChI=1S/C15H20ClNO6S/c1-14(2,3)23-13(19)15(17-11-18,10-24(16,20)21)22-9-12-7-5-4-6-8-12/h4-8,11H,9-10H2,1-3H3,(H,17,18)/t15-/m1/s1. The molecule has 0 spiro atoms. The summed E-state index contributed by atoms with van der Waals surface area (Å²) in [6.07, 6.45) is 0.164. The van der Waals surface area contributed by atoms with Gasteiger partial charge < -0.3 is 14.8 Å². The number of carbonyl (C=O) groups is 2. The van der Waals surface area contributed by atoms with Crippen molar-refractivity contribution in [2.45, 2.75) is 38.7 Å². The quantitative estimate of drug-likeness (QED) is 0.319. The number of carbonyl (C=O) groups excluding carboxylic acids is 2. The van der Waals surface area contributed by atoms with Crippen molar-refractivity contribution < 1.29 is 27.5 Å². The first kappa shape index (κ1) is 20.4. The van der Waals surface area contributed by atoms with Crippen molar-refractivity contribution in [2.24, 2.45) is 0 Å². The monoisotopic (exact) mass is 377 g/mol. The number of hydrogen-bond donors (Lipinski definition) is 1. The molecule has 9 heteroatoms. The Labute approximate surface area is 145 Å². The van der Waals surface area contributed by atoms with Gasteiger partial charge in [0.05, 0.1) is 6.61 Å². The number of rotatable bonds is 8. The van der Waals surface area contributed by atoms with Crippen LogP contribution in [0.4, 0.5) is 0 Å². The lowest BCUT2D eigenvalue weighted by Gasteiger charge is -2.32. The first-order chi connectivity index (χ1) is 11.0. The molecule has 0 aliphatic heterocycles. The van der Waals surface area contributed by atoms with Crippen molar-refractivity contribution in [1.29, 1.82) is 0 Å². The first-order valence-corrected chi connectivity index (χ1v) is 9.50. The van der Waals surface area contributed by atoms with Crippen LogP contribution in [0, 0.1) is 0 Å². The molecular weight excluding hydrogens is 358 g/mol. The predicted molar refractivity (Wildman–Crippen MR) is 88.6 cm³/mol. The maximum absolute atomic E-state index is 12.5. The molecule has 134 valence electrons. The Morgan fingerprint density at radius 1 is 1.25 bits per heavy atom. The number of ether oxygens (including phenoxy) is 2. The molecule has 7 nitrogen and oxygen atoms in total. The molecule has 0 bridgehead atoms. The zero-order valence-corrected chi connectivity index (χ0v) is 15.2. The van der Waals surface area contributed by atoms with Crippen molar-refractivity contribution >= 4 is 32.1 Å². The third kappa shape index (κ3) is 6.86. The maximum Gasteiger partial charge on any atom is 0.361 e. The van der Waals surface area contributed by atoms with Gasteiger partial charge in [-0.2, -0.15) is 0 Å². The lowest BCUT2D eigenvalue weighted by atomic mass is 10.1. The molecule has 1 aromatic rings. The number of nitrogens with one attached hydrogen (secondary N) is 1. The fourth-order valence-corrected chi connectivity index (χ4v) is 3.01. The molecule has 0 radical (unpaired) electrons. The van der Waals surface area contributed by atoms with Crippen LogP contribution in [0.25, 0.3) is 0 Å². The fraction of sp³-hybridized carbons (Fsp3) is 0.467. The zero-order valence-electron chi connectivity index (χ0n) is 13.6. The zero-order chi connectivity index (χ0) is 18.4. The maximum atomic E-state index is 12.5. The highest BCUT2D eigenvalue weighted by atomic mass is 35.7. The smallest absolute Gasteiger partial charge is 0.361 e. The summed E-state index contributed by atoms with van der Waals surface area (Å²) in [5.74, 6) is -2.02. The number of amides is 1. The minimum absolute atomic E-state index is 0.132. The lowest BCUT2D eigenvalue weighted by Crippen LogP contribution is -2.59. The van der Waals surface area contributed by atoms with Crippen molar-refractivity contribution in [3.63, 3.8) is 0 Å². The summed E-state index contributed by atoms with van der Waals surface area (Å²) in [5, 5.41) is 2.10. The molecule has 0 heterocycles. The van der Waals surface area contributed by atoms with E-state index in [9.17, 15) is 18.0 Å². The second-order valence-corrected chi connectivity index (χ2v) is 8.83. The molecule has 0 aliphatic carbocycles. The van der Waals surface area contributed by atoms with Crippen LogP contribution in [-0.4, -0.2) is 37.9 Å². The van der Waals surface area contributed by atoms with E-state index in [4.69, 9.17) is 20.2 Å². The van der Waals surface area contributed by atoms with Crippen LogP contribution in [0.15, 0.2) is 30.3 Å². The highest BCUT2D eigenvalue weighted by Gasteiger charge is 2.46. The molecule has 0 unspecified atom stereocenters. The summed E-state index contributed by atoms with van der Waals surface area (Å²) in [5.41, 5.74) is -2.49. The van der Waals surface area contributed by atoms with Crippen molar-refractivity contribution in [3.05, 3.63) is 35.9 Å². The highest BCUT2D eigenvalue weighted by molar-refractivity contribution is 8.13. The van der Waals surface area contributed by atoms with Crippen LogP contribution >= 0.6 is 10.7 Å². The average Bonchev–Trinajstić information content (AvgIpc) is 2.43. The van der Waals surface area contributed by atoms with Gasteiger partial charge in [-0.15, -0.1) is 0 Å². The van der Waals surface area contributed by atoms with E-state index in [1.165, 1.54) is 0 Å². The Balaban J connectivity index is 3.14. The van der Waals surface area contributed by atoms with Gasteiger partial charge in [0.25, 0.3) is 5.72 Å². The van der Waals surface area contributed by atoms with Gasteiger partial charge in [0, 0.05) is 10.7 Å². The van der Waals surface area contributed by atoms with Gasteiger partial charge in [0.15, 0.2) is 0 Å². The number of esters is 1. The largest absolute Gasteiger partial charge is 0.456 e. The summed E-state index contributed by atoms with van der Waals surface area (Å²) in [7, 11) is 1.09. The van der Waals surface area contributed by atoms with Gasteiger partial charge in [-0.1, -0.05) is 30.3 Å². The summed E-state index contributed by atoms with van der Waals surface area (Å²) in [6, 6.07) is 8.72. The van der Waals surface area contributed by atoms with Gasteiger partial charge >= 0.3 is 5.97 Å². The van der Waals surface area contributed by atoms with Crippen LogP contribution in [0.1, 0.15) is 26.3 Å². The van der Waals surface area contributed by atoms with Gasteiger partial charge in [0.1, 0.15) is 11.4 Å². The minimum atomic E-state index is -4.18. The Kier molecular flexibility index (Phi) is 6.76. The van der Waals surface area contributed by atoms with Crippen LogP contribution in [0.5, 0.6) is 0 Å². The van der Waals surface area contributed by atoms with E-state index in [1.54, 1.807) is 51.1 Å². The topological polar surface area (TPSA) is 98.8 Å². The Bertz CT molecular complexity index is 671. The SMILES string of the molecule is CC(C)(C)OC(=O)[C@](CS(=O)(=O)Cl)(NC=O)OCc1ccccc1. The van der Waals surface area contributed by atoms with E-state index < -0.39 is 32.1 Å². The van der Waals surface area contributed by atoms with E-state index in [2.05, 4.69) is 5.32 Å². The van der Waals surface area contributed by atoms with Crippen LogP contribution in [0.3, 0.4) is 0 Å². The Hall–Kier alpha value is -1.64. The number of benzene rings is 1. The van der Waals surface area contributed by atoms with Gasteiger partial charge in [-0.25, -0.2) is 13.2 Å². The molecule has 1 atom stereocenters. The molecule has 1 aromatic carbocycles. The van der Waals surface area contributed by atoms with Crippen molar-refractivity contribution in [1.82, 2.24) is 5.32 Å². The summed E-state index contributed by atoms with van der Waals surface area (Å²) < 4.78 is 33.7. The van der Waals surface area contributed by atoms with Crippen LogP contribution in [0.2, 0.25) is 0 Å². The molecule has 0 saturated heterocycles. The predicted octanol–water partition coefficient (Wildman–Crippen LogP) is 1.56. The second kappa shape index (κ2) is 7.96. The van der Waals surface area contributed by atoms with Crippen molar-refractivity contribution in [3.8, 4) is 0 Å². The number of halogens is 1. The van der Waals surface area contributed by atoms with Gasteiger partial charge in [-0.3, -0.25) is 4.79 Å². The Morgan fingerprint density at radius 3 is 2.29 bits per heavy atom. The van der Waals surface area contributed by atoms with E-state index >= 15 is 0 Å². The van der Waals surface area contributed by atoms with Crippen LogP contribution < -0.4 is 5.32 Å². The molecule has 1 rings (SSSR count). The van der Waals surface area contributed by atoms with Crippen molar-refractivity contribution in [2.75, 3.05) is 5.75 Å². The molecule has 0 fully saturated rings. The molecule has 1 N–H and O–H groups in total. The van der Waals surface area contributed by atoms with E-state index in [0.717, 1.165) is 0 Å². The summed E-state index contributed by atoms with van der Waals surface area (Å²) >= 11 is 0. The molecule has 1 amide bonds. The third-order valence-electron chi connectivity index (χ3n) is 2.72. The van der Waals surface area contributed by atoms with E-state index in [0.29, 0.717) is 5.56 Å². The molecule has 0 aromatic heterocycles. The third-order valence-corrected chi connectivity index (χ3v) is 3.80. The average molecular weight is 378 g/mol. The minimum Gasteiger partial charge on any atom is -0.456 e. The Morgan fingerprint density at radius 2 is 1.83 bits per heavy atom. The molecule has 0 saturated carbocycles. The lowest BCUT2D eigenvalue weighted by molar-refractivity contribution is -0.187. The van der Waals surface area contributed by atoms with Gasteiger partial charge in [-0.05, 0) is 26.3 Å². The first-order valence-electron chi connectivity index (χ1n) is 7.02. The fourth-order valence-electron chi connectivity index (χ4n) is 1.78. The highest BCUT2D eigenvalue weighted by Crippen LogP contribution is 2.21. The number of hydrogen-bond acceptors (Lipinski definition) is 6. The van der Waals surface area contributed by atoms with Crippen LogP contribution in [-0.2, 0) is 34.7 Å². The second-order valence-electron chi connectivity index (χ2n) is 6.05. The van der Waals surface area contributed by atoms with Gasteiger partial charge in [0.2, 0.25) is 15.5 Å². The summed E-state index contributed by atoms with van der Waals surface area (Å²) in [6.45, 7) is 4.67. The van der Waals surface area contributed by atoms with E-state index in [1.807, 2.05) is 0 Å². The van der Waals surface area contributed by atoms with E-state index in [-0.39, 0.29) is 13.0 Å².